The van der Waals surface area contributed by atoms with Gasteiger partial charge in [0.25, 0.3) is 0 Å². The summed E-state index contributed by atoms with van der Waals surface area (Å²) in [5.74, 6) is 0.0213. The second-order valence-corrected chi connectivity index (χ2v) is 6.22. The summed E-state index contributed by atoms with van der Waals surface area (Å²) in [6.07, 6.45) is 0.268. The van der Waals surface area contributed by atoms with Crippen LogP contribution in [0.2, 0.25) is 10.0 Å². The summed E-state index contributed by atoms with van der Waals surface area (Å²) in [5, 5.41) is 0.941. The summed E-state index contributed by atoms with van der Waals surface area (Å²) in [5.41, 5.74) is 0.523. The number of carbonyl (C=O) groups excluding carboxylic acids is 1. The molecule has 0 N–H and O–H groups in total. The molecule has 1 aliphatic heterocycles. The fourth-order valence-electron chi connectivity index (χ4n) is 2.61. The first-order valence-electron chi connectivity index (χ1n) is 6.77. The molecule has 0 amide bonds. The Kier molecular flexibility index (Phi) is 5.08. The van der Waals surface area contributed by atoms with Crippen LogP contribution in [0, 0.1) is 0 Å². The van der Waals surface area contributed by atoms with Gasteiger partial charge in [0.1, 0.15) is 0 Å². The molecule has 3 atom stereocenters. The standard InChI is InChI=1S/C15H19Cl2NO2/c1-9-7-18(8-10(2)20-9)11(3)15(19)13-5-4-12(16)6-14(13)17/h4-6,9-11H,7-8H2,1-3H3/t9-,10+,11?. The van der Waals surface area contributed by atoms with Gasteiger partial charge in [-0.25, -0.2) is 0 Å². The van der Waals surface area contributed by atoms with Gasteiger partial charge >= 0.3 is 0 Å². The van der Waals surface area contributed by atoms with Crippen LogP contribution in [0.15, 0.2) is 18.2 Å². The number of ketones is 1. The molecule has 1 unspecified atom stereocenters. The van der Waals surface area contributed by atoms with Crippen molar-refractivity contribution in [1.29, 1.82) is 0 Å². The maximum atomic E-state index is 12.6. The van der Waals surface area contributed by atoms with Crippen molar-refractivity contribution in [3.8, 4) is 0 Å². The number of benzene rings is 1. The smallest absolute Gasteiger partial charge is 0.181 e. The zero-order chi connectivity index (χ0) is 14.9. The van der Waals surface area contributed by atoms with E-state index in [1.807, 2.05) is 20.8 Å². The fourth-order valence-corrected chi connectivity index (χ4v) is 3.12. The molecule has 1 fully saturated rings. The largest absolute Gasteiger partial charge is 0.373 e. The Balaban J connectivity index is 2.15. The maximum Gasteiger partial charge on any atom is 0.181 e. The highest BCUT2D eigenvalue weighted by molar-refractivity contribution is 6.37. The van der Waals surface area contributed by atoms with Gasteiger partial charge in [-0.05, 0) is 39.0 Å². The van der Waals surface area contributed by atoms with Crippen molar-refractivity contribution in [3.05, 3.63) is 33.8 Å². The molecule has 0 bridgehead atoms. The van der Waals surface area contributed by atoms with Crippen LogP contribution in [0.4, 0.5) is 0 Å². The molecule has 1 aromatic carbocycles. The number of morpholine rings is 1. The molecule has 1 aliphatic rings. The lowest BCUT2D eigenvalue weighted by Crippen LogP contribution is -2.51. The van der Waals surface area contributed by atoms with Gasteiger partial charge in [0.15, 0.2) is 5.78 Å². The van der Waals surface area contributed by atoms with Gasteiger partial charge in [-0.1, -0.05) is 23.2 Å². The molecule has 2 rings (SSSR count). The summed E-state index contributed by atoms with van der Waals surface area (Å²) >= 11 is 12.0. The summed E-state index contributed by atoms with van der Waals surface area (Å²) < 4.78 is 5.69. The third-order valence-corrected chi connectivity index (χ3v) is 4.12. The van der Waals surface area contributed by atoms with E-state index in [0.717, 1.165) is 13.1 Å². The summed E-state index contributed by atoms with van der Waals surface area (Å²) in [4.78, 5) is 14.7. The summed E-state index contributed by atoms with van der Waals surface area (Å²) in [6, 6.07) is 4.77. The number of Topliss-reactive ketones (excluding diaryl/α,β-unsaturated/α-hetero) is 1. The third kappa shape index (κ3) is 3.53. The molecule has 3 nitrogen and oxygen atoms in total. The van der Waals surface area contributed by atoms with Crippen LogP contribution < -0.4 is 0 Å². The Morgan fingerprint density at radius 1 is 1.30 bits per heavy atom. The van der Waals surface area contributed by atoms with Crippen molar-refractivity contribution in [2.45, 2.75) is 39.0 Å². The predicted octanol–water partition coefficient (Wildman–Crippen LogP) is 3.67. The van der Waals surface area contributed by atoms with Crippen molar-refractivity contribution in [3.63, 3.8) is 0 Å². The average Bonchev–Trinajstić information content (AvgIpc) is 2.36. The van der Waals surface area contributed by atoms with Gasteiger partial charge in [-0.3, -0.25) is 9.69 Å². The van der Waals surface area contributed by atoms with Crippen LogP contribution in [0.5, 0.6) is 0 Å². The van der Waals surface area contributed by atoms with Gasteiger partial charge in [0.05, 0.1) is 23.3 Å². The van der Waals surface area contributed by atoms with Gasteiger partial charge in [0, 0.05) is 23.7 Å². The second kappa shape index (κ2) is 6.44. The highest BCUT2D eigenvalue weighted by Gasteiger charge is 2.30. The van der Waals surface area contributed by atoms with E-state index in [2.05, 4.69) is 4.90 Å². The van der Waals surface area contributed by atoms with E-state index in [9.17, 15) is 4.79 Å². The maximum absolute atomic E-state index is 12.6. The van der Waals surface area contributed by atoms with E-state index in [1.165, 1.54) is 0 Å². The molecule has 0 aliphatic carbocycles. The van der Waals surface area contributed by atoms with Crippen LogP contribution >= 0.6 is 23.2 Å². The number of halogens is 2. The lowest BCUT2D eigenvalue weighted by atomic mass is 10.0. The number of hydrogen-bond acceptors (Lipinski definition) is 3. The normalized spacial score (nSPS) is 25.4. The molecule has 20 heavy (non-hydrogen) atoms. The topological polar surface area (TPSA) is 29.5 Å². The number of nitrogens with zero attached hydrogens (tertiary/aromatic N) is 1. The van der Waals surface area contributed by atoms with Crippen LogP contribution in [0.25, 0.3) is 0 Å². The molecule has 0 radical (unpaired) electrons. The first kappa shape index (κ1) is 15.8. The third-order valence-electron chi connectivity index (χ3n) is 3.57. The van der Waals surface area contributed by atoms with E-state index >= 15 is 0 Å². The molecule has 1 aromatic rings. The van der Waals surface area contributed by atoms with Crippen molar-refractivity contribution < 1.29 is 9.53 Å². The van der Waals surface area contributed by atoms with E-state index in [1.54, 1.807) is 18.2 Å². The molecule has 1 saturated heterocycles. The molecule has 110 valence electrons. The van der Waals surface area contributed by atoms with E-state index < -0.39 is 0 Å². The highest BCUT2D eigenvalue weighted by Crippen LogP contribution is 2.24. The molecule has 0 saturated carbocycles. The van der Waals surface area contributed by atoms with Crippen molar-refractivity contribution in [2.24, 2.45) is 0 Å². The number of ether oxygens (including phenoxy) is 1. The van der Waals surface area contributed by atoms with E-state index in [4.69, 9.17) is 27.9 Å². The molecule has 0 aromatic heterocycles. The Morgan fingerprint density at radius 3 is 2.45 bits per heavy atom. The molecular weight excluding hydrogens is 297 g/mol. The molecule has 0 spiro atoms. The molecule has 5 heteroatoms. The lowest BCUT2D eigenvalue weighted by molar-refractivity contribution is -0.0744. The number of carbonyl (C=O) groups is 1. The predicted molar refractivity (Wildman–Crippen MR) is 81.8 cm³/mol. The summed E-state index contributed by atoms with van der Waals surface area (Å²) in [6.45, 7) is 7.47. The van der Waals surface area contributed by atoms with Gasteiger partial charge in [0.2, 0.25) is 0 Å². The van der Waals surface area contributed by atoms with Gasteiger partial charge in [-0.2, -0.15) is 0 Å². The highest BCUT2D eigenvalue weighted by atomic mass is 35.5. The van der Waals surface area contributed by atoms with Crippen LogP contribution in [0.1, 0.15) is 31.1 Å². The monoisotopic (exact) mass is 315 g/mol. The van der Waals surface area contributed by atoms with E-state index in [0.29, 0.717) is 15.6 Å². The van der Waals surface area contributed by atoms with Crippen molar-refractivity contribution >= 4 is 29.0 Å². The van der Waals surface area contributed by atoms with Gasteiger partial charge in [-0.15, -0.1) is 0 Å². The lowest BCUT2D eigenvalue weighted by Gasteiger charge is -2.38. The SMILES string of the molecule is CC(C(=O)c1ccc(Cl)cc1Cl)N1C[C@@H](C)O[C@@H](C)C1. The first-order chi connectivity index (χ1) is 9.38. The Morgan fingerprint density at radius 2 is 1.90 bits per heavy atom. The second-order valence-electron chi connectivity index (χ2n) is 5.38. The van der Waals surface area contributed by atoms with Crippen LogP contribution in [-0.2, 0) is 4.74 Å². The molecule has 1 heterocycles. The van der Waals surface area contributed by atoms with Crippen LogP contribution in [0.3, 0.4) is 0 Å². The minimum absolute atomic E-state index is 0.0213. The Labute approximate surface area is 129 Å². The zero-order valence-corrected chi connectivity index (χ0v) is 13.4. The number of hydrogen-bond donors (Lipinski definition) is 0. The molecular formula is C15H19Cl2NO2. The minimum atomic E-state index is -0.220. The fraction of sp³-hybridized carbons (Fsp3) is 0.533. The van der Waals surface area contributed by atoms with Crippen LogP contribution in [-0.4, -0.2) is 42.0 Å². The summed E-state index contributed by atoms with van der Waals surface area (Å²) in [7, 11) is 0. The quantitative estimate of drug-likeness (QED) is 0.797. The van der Waals surface area contributed by atoms with E-state index in [-0.39, 0.29) is 24.0 Å². The zero-order valence-electron chi connectivity index (χ0n) is 11.9. The Bertz CT molecular complexity index is 497. The van der Waals surface area contributed by atoms with Gasteiger partial charge < -0.3 is 4.74 Å². The average molecular weight is 316 g/mol. The number of rotatable bonds is 3. The first-order valence-corrected chi connectivity index (χ1v) is 7.53. The van der Waals surface area contributed by atoms with Crippen molar-refractivity contribution in [2.75, 3.05) is 13.1 Å². The van der Waals surface area contributed by atoms with Crippen molar-refractivity contribution in [1.82, 2.24) is 4.90 Å². The minimum Gasteiger partial charge on any atom is -0.373 e. The Hall–Kier alpha value is -0.610.